The first-order valence-corrected chi connectivity index (χ1v) is 8.32. The Morgan fingerprint density at radius 2 is 1.92 bits per heavy atom. The van der Waals surface area contributed by atoms with Crippen LogP contribution in [0.3, 0.4) is 0 Å². The zero-order valence-corrected chi connectivity index (χ0v) is 14.5. The molecule has 5 nitrogen and oxygen atoms in total. The molecule has 0 spiro atoms. The van der Waals surface area contributed by atoms with Crippen molar-refractivity contribution in [3.05, 3.63) is 65.4 Å². The van der Waals surface area contributed by atoms with Crippen molar-refractivity contribution in [1.29, 1.82) is 0 Å². The minimum absolute atomic E-state index is 0.123. The highest BCUT2D eigenvalue weighted by atomic mass is 19.1. The number of pyridine rings is 1. The quantitative estimate of drug-likeness (QED) is 0.680. The van der Waals surface area contributed by atoms with Gasteiger partial charge in [0.1, 0.15) is 17.1 Å². The van der Waals surface area contributed by atoms with Crippen LogP contribution in [0.25, 0.3) is 11.5 Å². The third kappa shape index (κ3) is 3.09. The van der Waals surface area contributed by atoms with Crippen molar-refractivity contribution in [2.45, 2.75) is 18.4 Å². The van der Waals surface area contributed by atoms with E-state index in [1.54, 1.807) is 24.4 Å². The Bertz CT molecular complexity index is 994. The van der Waals surface area contributed by atoms with Gasteiger partial charge in [-0.25, -0.2) is 4.39 Å². The molecule has 1 aliphatic rings. The van der Waals surface area contributed by atoms with Crippen LogP contribution < -0.4 is 0 Å². The fourth-order valence-corrected chi connectivity index (χ4v) is 2.80. The Balaban J connectivity index is 1.53. The number of halogens is 1. The third-order valence-corrected chi connectivity index (χ3v) is 4.57. The maximum Gasteiger partial charge on any atom is 0.247 e. The van der Waals surface area contributed by atoms with Gasteiger partial charge in [-0.2, -0.15) is 4.98 Å². The monoisotopic (exact) mass is 348 g/mol. The Morgan fingerprint density at radius 1 is 1.12 bits per heavy atom. The lowest BCUT2D eigenvalue weighted by atomic mass is 10.2. The minimum atomic E-state index is -0.302. The molecule has 6 heteroatoms. The highest BCUT2D eigenvalue weighted by molar-refractivity contribution is 5.51. The zero-order valence-electron chi connectivity index (χ0n) is 14.5. The summed E-state index contributed by atoms with van der Waals surface area (Å²) in [6, 6.07) is 9.83. The largest absolute Gasteiger partial charge is 0.337 e. The maximum absolute atomic E-state index is 13.2. The van der Waals surface area contributed by atoms with Crippen molar-refractivity contribution in [2.75, 3.05) is 14.1 Å². The van der Waals surface area contributed by atoms with E-state index in [0.717, 1.165) is 18.4 Å². The molecule has 0 amide bonds. The lowest BCUT2D eigenvalue weighted by Crippen LogP contribution is -2.27. The summed E-state index contributed by atoms with van der Waals surface area (Å²) in [6.07, 6.45) is 3.68. The van der Waals surface area contributed by atoms with Gasteiger partial charge in [0.15, 0.2) is 0 Å². The molecule has 0 saturated heterocycles. The first-order valence-electron chi connectivity index (χ1n) is 8.32. The van der Waals surface area contributed by atoms with Gasteiger partial charge >= 0.3 is 0 Å². The molecule has 0 N–H and O–H groups in total. The summed E-state index contributed by atoms with van der Waals surface area (Å²) in [6.45, 7) is 0. The Labute approximate surface area is 150 Å². The van der Waals surface area contributed by atoms with Gasteiger partial charge in [0.05, 0.1) is 0 Å². The van der Waals surface area contributed by atoms with Gasteiger partial charge in [-0.3, -0.25) is 9.88 Å². The molecule has 1 aliphatic carbocycles. The average Bonchev–Trinajstić information content (AvgIpc) is 3.31. The van der Waals surface area contributed by atoms with Crippen molar-refractivity contribution in [3.63, 3.8) is 0 Å². The second-order valence-corrected chi connectivity index (χ2v) is 6.54. The SMILES string of the molecule is CN(C)C1(c2nc(-c3ccc(C#Cc4cccc(F)c4)cn3)no2)CC1. The van der Waals surface area contributed by atoms with E-state index in [1.165, 1.54) is 12.1 Å². The van der Waals surface area contributed by atoms with Crippen LogP contribution in [-0.4, -0.2) is 34.1 Å². The molecule has 1 saturated carbocycles. The smallest absolute Gasteiger partial charge is 0.247 e. The van der Waals surface area contributed by atoms with E-state index >= 15 is 0 Å². The molecule has 4 rings (SSSR count). The zero-order chi connectivity index (χ0) is 18.1. The molecule has 0 atom stereocenters. The molecule has 3 aromatic rings. The second-order valence-electron chi connectivity index (χ2n) is 6.54. The summed E-state index contributed by atoms with van der Waals surface area (Å²) in [4.78, 5) is 11.0. The first-order chi connectivity index (χ1) is 12.6. The predicted molar refractivity (Wildman–Crippen MR) is 94.5 cm³/mol. The van der Waals surface area contributed by atoms with Crippen molar-refractivity contribution < 1.29 is 8.91 Å². The van der Waals surface area contributed by atoms with Crippen LogP contribution in [-0.2, 0) is 5.54 Å². The predicted octanol–water partition coefficient (Wildman–Crippen LogP) is 3.22. The summed E-state index contributed by atoms with van der Waals surface area (Å²) in [5, 5.41) is 4.06. The number of aromatic nitrogens is 3. The number of hydrogen-bond donors (Lipinski definition) is 0. The van der Waals surface area contributed by atoms with Crippen LogP contribution in [0.4, 0.5) is 4.39 Å². The van der Waals surface area contributed by atoms with Gasteiger partial charge in [0.2, 0.25) is 11.7 Å². The molecule has 0 bridgehead atoms. The van der Waals surface area contributed by atoms with E-state index in [9.17, 15) is 4.39 Å². The van der Waals surface area contributed by atoms with E-state index in [4.69, 9.17) is 4.52 Å². The van der Waals surface area contributed by atoms with E-state index in [0.29, 0.717) is 23.0 Å². The van der Waals surface area contributed by atoms with Crippen molar-refractivity contribution in [2.24, 2.45) is 0 Å². The summed E-state index contributed by atoms with van der Waals surface area (Å²) in [5.74, 6) is 6.69. The van der Waals surface area contributed by atoms with Crippen LogP contribution in [0.1, 0.15) is 29.9 Å². The molecular weight excluding hydrogens is 331 g/mol. The number of hydrogen-bond acceptors (Lipinski definition) is 5. The molecule has 1 aromatic carbocycles. The molecule has 26 heavy (non-hydrogen) atoms. The van der Waals surface area contributed by atoms with E-state index in [2.05, 4.69) is 31.9 Å². The molecule has 0 aliphatic heterocycles. The standard InChI is InChI=1S/C20H17FN4O/c1-25(2)20(10-11-20)19-23-18(24-26-19)17-9-8-15(13-22-17)7-6-14-4-3-5-16(21)12-14/h3-5,8-9,12-13H,10-11H2,1-2H3. The Kier molecular flexibility index (Phi) is 4.02. The topological polar surface area (TPSA) is 55.1 Å². The van der Waals surface area contributed by atoms with E-state index in [-0.39, 0.29) is 11.4 Å². The minimum Gasteiger partial charge on any atom is -0.337 e. The molecule has 0 unspecified atom stereocenters. The van der Waals surface area contributed by atoms with Gasteiger partial charge in [-0.1, -0.05) is 23.1 Å². The fraction of sp³-hybridized carbons (Fsp3) is 0.250. The van der Waals surface area contributed by atoms with Crippen LogP contribution in [0.5, 0.6) is 0 Å². The van der Waals surface area contributed by atoms with Crippen LogP contribution in [0, 0.1) is 17.7 Å². The van der Waals surface area contributed by atoms with Crippen LogP contribution in [0.15, 0.2) is 47.1 Å². The summed E-state index contributed by atoms with van der Waals surface area (Å²) < 4.78 is 18.6. The molecule has 0 radical (unpaired) electrons. The Morgan fingerprint density at radius 3 is 2.58 bits per heavy atom. The van der Waals surface area contributed by atoms with Crippen molar-refractivity contribution in [3.8, 4) is 23.4 Å². The third-order valence-electron chi connectivity index (χ3n) is 4.57. The second kappa shape index (κ2) is 6.36. The summed E-state index contributed by atoms with van der Waals surface area (Å²) >= 11 is 0. The lowest BCUT2D eigenvalue weighted by Gasteiger charge is -2.18. The van der Waals surface area contributed by atoms with Gasteiger partial charge < -0.3 is 4.52 Å². The molecule has 130 valence electrons. The normalized spacial score (nSPS) is 14.8. The number of benzene rings is 1. The molecule has 1 fully saturated rings. The van der Waals surface area contributed by atoms with E-state index in [1.807, 2.05) is 20.2 Å². The summed E-state index contributed by atoms with van der Waals surface area (Å²) in [7, 11) is 4.03. The highest BCUT2D eigenvalue weighted by Crippen LogP contribution is 2.49. The molecular formula is C20H17FN4O. The average molecular weight is 348 g/mol. The fourth-order valence-electron chi connectivity index (χ4n) is 2.80. The van der Waals surface area contributed by atoms with Gasteiger partial charge in [-0.15, -0.1) is 0 Å². The molecule has 2 aromatic heterocycles. The number of nitrogens with zero attached hydrogens (tertiary/aromatic N) is 4. The van der Waals surface area contributed by atoms with Gasteiger partial charge in [0.25, 0.3) is 0 Å². The van der Waals surface area contributed by atoms with Crippen LogP contribution in [0.2, 0.25) is 0 Å². The highest BCUT2D eigenvalue weighted by Gasteiger charge is 2.51. The van der Waals surface area contributed by atoms with E-state index < -0.39 is 0 Å². The van der Waals surface area contributed by atoms with Gasteiger partial charge in [-0.05, 0) is 57.3 Å². The number of rotatable bonds is 3. The maximum atomic E-state index is 13.2. The summed E-state index contributed by atoms with van der Waals surface area (Å²) in [5.41, 5.74) is 1.86. The first kappa shape index (κ1) is 16.4. The van der Waals surface area contributed by atoms with Crippen LogP contribution >= 0.6 is 0 Å². The molecule has 2 heterocycles. The van der Waals surface area contributed by atoms with Crippen molar-refractivity contribution in [1.82, 2.24) is 20.0 Å². The van der Waals surface area contributed by atoms with Crippen molar-refractivity contribution >= 4 is 0 Å². The van der Waals surface area contributed by atoms with Gasteiger partial charge in [0, 0.05) is 17.3 Å². The Hall–Kier alpha value is -3.04. The lowest BCUT2D eigenvalue weighted by molar-refractivity contribution is 0.208.